The summed E-state index contributed by atoms with van der Waals surface area (Å²) < 4.78 is 25.8. The van der Waals surface area contributed by atoms with Crippen LogP contribution in [-0.4, -0.2) is 40.0 Å². The highest BCUT2D eigenvalue weighted by Gasteiger charge is 2.12. The minimum Gasteiger partial charge on any atom is -0.507 e. The zero-order chi connectivity index (χ0) is 22.3. The Kier molecular flexibility index (Phi) is 5.31. The molecule has 9 heteroatoms. The average Bonchev–Trinajstić information content (AvgIpc) is 2.62. The van der Waals surface area contributed by atoms with Crippen molar-refractivity contribution in [2.75, 3.05) is 17.7 Å². The lowest BCUT2D eigenvalue weighted by Crippen LogP contribution is -2.15. The number of aromatic nitrogens is 1. The predicted molar refractivity (Wildman–Crippen MR) is 97.0 cm³/mol. The highest BCUT2D eigenvalue weighted by molar-refractivity contribution is 5.96. The number of methoxy groups -OCH3 is 1. The molecule has 2 rings (SSSR count). The Morgan fingerprint density at radius 1 is 1.15 bits per heavy atom. The van der Waals surface area contributed by atoms with Crippen LogP contribution in [0.5, 0.6) is 11.6 Å². The number of carboxylic acids is 1. The van der Waals surface area contributed by atoms with Gasteiger partial charge in [0, 0.05) is 24.6 Å². The van der Waals surface area contributed by atoms with Crippen molar-refractivity contribution in [2.45, 2.75) is 19.3 Å². The Balaban J connectivity index is 1.81. The minimum absolute atomic E-state index is 0.00455. The van der Waals surface area contributed by atoms with Gasteiger partial charge in [0.1, 0.15) is 17.1 Å². The number of carboxylic acid groups (broad SMARTS) is 1. The predicted octanol–water partition coefficient (Wildman–Crippen LogP) is 2.24. The Labute approximate surface area is 159 Å². The van der Waals surface area contributed by atoms with E-state index in [4.69, 9.17) is 9.22 Å². The first-order valence-electron chi connectivity index (χ1n) is 9.35. The number of nitrogens with zero attached hydrogens (tertiary/aromatic N) is 1. The van der Waals surface area contributed by atoms with E-state index in [1.54, 1.807) is 0 Å². The van der Waals surface area contributed by atoms with Gasteiger partial charge in [0.2, 0.25) is 17.7 Å². The molecule has 0 saturated heterocycles. The molecule has 4 N–H and O–H groups in total. The van der Waals surface area contributed by atoms with Gasteiger partial charge in [0.25, 0.3) is 0 Å². The van der Waals surface area contributed by atoms with Crippen molar-refractivity contribution in [3.05, 3.63) is 42.0 Å². The molecular weight excluding hydrogens is 354 g/mol. The quantitative estimate of drug-likeness (QED) is 0.518. The van der Waals surface area contributed by atoms with Crippen LogP contribution in [0.4, 0.5) is 11.5 Å². The SMILES string of the molecule is [2H]C([2H])([2H])Oc1cccc(NC(=O)CCCC(=O)Nc2ccc(O)c(C(=O)O)c2)n1. The smallest absolute Gasteiger partial charge is 0.339 e. The number of aromatic hydroxyl groups is 1. The molecule has 0 bridgehead atoms. The molecule has 0 aliphatic rings. The number of anilines is 2. The lowest BCUT2D eigenvalue weighted by molar-refractivity contribution is -0.117. The van der Waals surface area contributed by atoms with Crippen LogP contribution in [-0.2, 0) is 9.59 Å². The molecular formula is C18H19N3O6. The Morgan fingerprint density at radius 2 is 1.89 bits per heavy atom. The molecule has 0 fully saturated rings. The highest BCUT2D eigenvalue weighted by Crippen LogP contribution is 2.21. The van der Waals surface area contributed by atoms with E-state index < -0.39 is 30.6 Å². The largest absolute Gasteiger partial charge is 0.507 e. The Morgan fingerprint density at radius 3 is 2.59 bits per heavy atom. The lowest BCUT2D eigenvalue weighted by Gasteiger charge is -2.08. The maximum atomic E-state index is 12.0. The third-order valence-corrected chi connectivity index (χ3v) is 3.41. The number of aromatic carboxylic acids is 1. The van der Waals surface area contributed by atoms with E-state index in [0.717, 1.165) is 12.1 Å². The number of ether oxygens (including phenoxy) is 1. The number of amides is 2. The topological polar surface area (TPSA) is 138 Å². The number of nitrogens with one attached hydrogen (secondary N) is 2. The van der Waals surface area contributed by atoms with Crippen molar-refractivity contribution < 1.29 is 33.4 Å². The maximum absolute atomic E-state index is 12.0. The van der Waals surface area contributed by atoms with Crippen LogP contribution in [0.3, 0.4) is 0 Å². The fourth-order valence-corrected chi connectivity index (χ4v) is 2.16. The summed E-state index contributed by atoms with van der Waals surface area (Å²) in [7, 11) is -2.66. The summed E-state index contributed by atoms with van der Waals surface area (Å²) in [5.41, 5.74) is -0.140. The van der Waals surface area contributed by atoms with Crippen molar-refractivity contribution in [3.63, 3.8) is 0 Å². The molecule has 9 nitrogen and oxygen atoms in total. The van der Waals surface area contributed by atoms with Gasteiger partial charge < -0.3 is 25.6 Å². The van der Waals surface area contributed by atoms with Crippen LogP contribution in [0.25, 0.3) is 0 Å². The van der Waals surface area contributed by atoms with Crippen LogP contribution in [0.15, 0.2) is 36.4 Å². The van der Waals surface area contributed by atoms with E-state index >= 15 is 0 Å². The van der Waals surface area contributed by atoms with Crippen LogP contribution in [0, 0.1) is 0 Å². The fraction of sp³-hybridized carbons (Fsp3) is 0.222. The van der Waals surface area contributed by atoms with E-state index in [0.29, 0.717) is 0 Å². The molecule has 0 atom stereocenters. The van der Waals surface area contributed by atoms with Crippen molar-refractivity contribution >= 4 is 29.3 Å². The van der Waals surface area contributed by atoms with Crippen molar-refractivity contribution in [3.8, 4) is 11.6 Å². The second-order valence-electron chi connectivity index (χ2n) is 5.45. The van der Waals surface area contributed by atoms with Crippen molar-refractivity contribution in [2.24, 2.45) is 0 Å². The third kappa shape index (κ3) is 5.99. The first kappa shape index (κ1) is 15.6. The Bertz CT molecular complexity index is 949. The van der Waals surface area contributed by atoms with Crippen LogP contribution in [0.2, 0.25) is 0 Å². The molecule has 0 spiro atoms. The molecule has 1 aromatic carbocycles. The summed E-state index contributed by atoms with van der Waals surface area (Å²) >= 11 is 0. The summed E-state index contributed by atoms with van der Waals surface area (Å²) in [6, 6.07) is 7.91. The van der Waals surface area contributed by atoms with E-state index in [2.05, 4.69) is 20.4 Å². The third-order valence-electron chi connectivity index (χ3n) is 3.41. The number of benzene rings is 1. The fourth-order valence-electron chi connectivity index (χ4n) is 2.16. The molecule has 2 amide bonds. The normalized spacial score (nSPS) is 12.2. The number of hydrogen-bond donors (Lipinski definition) is 4. The molecule has 1 aromatic heterocycles. The van der Waals surface area contributed by atoms with E-state index in [1.165, 1.54) is 24.3 Å². The number of hydrogen-bond acceptors (Lipinski definition) is 6. The first-order chi connectivity index (χ1) is 14.0. The zero-order valence-corrected chi connectivity index (χ0v) is 14.1. The van der Waals surface area contributed by atoms with Crippen LogP contribution in [0.1, 0.15) is 33.7 Å². The zero-order valence-electron chi connectivity index (χ0n) is 17.1. The van der Waals surface area contributed by atoms with Gasteiger partial charge in [0.05, 0.1) is 11.2 Å². The van der Waals surface area contributed by atoms with Crippen LogP contribution >= 0.6 is 0 Å². The van der Waals surface area contributed by atoms with Crippen LogP contribution < -0.4 is 15.4 Å². The van der Waals surface area contributed by atoms with Gasteiger partial charge in [-0.2, -0.15) is 4.98 Å². The molecule has 0 aliphatic carbocycles. The standard InChI is InChI=1S/C18H19N3O6/c1-27-17-7-2-4-14(21-17)20-16(24)6-3-5-15(23)19-11-8-9-13(22)12(10-11)18(25)26/h2,4,7-10,22H,3,5-6H2,1H3,(H,19,23)(H,25,26)(H,20,21,24)/i1D3. The molecule has 0 radical (unpaired) electrons. The second kappa shape index (κ2) is 9.18. The number of carbonyl (C=O) groups is 3. The van der Waals surface area contributed by atoms with E-state index in [-0.39, 0.29) is 42.2 Å². The van der Waals surface area contributed by atoms with Crippen molar-refractivity contribution in [1.82, 2.24) is 4.98 Å². The maximum Gasteiger partial charge on any atom is 0.339 e. The second-order valence-corrected chi connectivity index (χ2v) is 5.45. The molecule has 142 valence electrons. The van der Waals surface area contributed by atoms with E-state index in [1.807, 2.05) is 0 Å². The molecule has 0 saturated carbocycles. The summed E-state index contributed by atoms with van der Waals surface area (Å²) in [6.45, 7) is 0. The number of rotatable bonds is 8. The first-order valence-corrected chi connectivity index (χ1v) is 7.85. The van der Waals surface area contributed by atoms with E-state index in [9.17, 15) is 19.5 Å². The molecule has 0 aliphatic heterocycles. The lowest BCUT2D eigenvalue weighted by atomic mass is 10.1. The monoisotopic (exact) mass is 376 g/mol. The molecule has 27 heavy (non-hydrogen) atoms. The van der Waals surface area contributed by atoms with Gasteiger partial charge in [-0.05, 0) is 30.7 Å². The summed E-state index contributed by atoms with van der Waals surface area (Å²) in [5.74, 6) is -2.67. The van der Waals surface area contributed by atoms with Gasteiger partial charge >= 0.3 is 5.97 Å². The van der Waals surface area contributed by atoms with Crippen molar-refractivity contribution in [1.29, 1.82) is 0 Å². The van der Waals surface area contributed by atoms with Gasteiger partial charge in [0.15, 0.2) is 0 Å². The van der Waals surface area contributed by atoms with Gasteiger partial charge in [-0.25, -0.2) is 4.79 Å². The van der Waals surface area contributed by atoms with Gasteiger partial charge in [-0.3, -0.25) is 9.59 Å². The number of phenols is 1. The summed E-state index contributed by atoms with van der Waals surface area (Å²) in [6.07, 6.45) is 0.189. The molecule has 2 aromatic rings. The minimum atomic E-state index is -2.66. The van der Waals surface area contributed by atoms with Gasteiger partial charge in [-0.1, -0.05) is 6.07 Å². The molecule has 1 heterocycles. The number of carbonyl (C=O) groups excluding carboxylic acids is 2. The molecule has 0 unspecified atom stereocenters. The summed E-state index contributed by atoms with van der Waals surface area (Å²) in [5, 5.41) is 23.4. The van der Waals surface area contributed by atoms with Gasteiger partial charge in [-0.15, -0.1) is 0 Å². The summed E-state index contributed by atoms with van der Waals surface area (Å²) in [4.78, 5) is 38.8. The Hall–Kier alpha value is -3.62. The highest BCUT2D eigenvalue weighted by atomic mass is 16.5. The number of pyridine rings is 1. The average molecular weight is 376 g/mol.